The minimum atomic E-state index is 0.335. The Kier molecular flexibility index (Phi) is 6.20. The van der Waals surface area contributed by atoms with E-state index in [0.29, 0.717) is 6.10 Å². The van der Waals surface area contributed by atoms with Crippen molar-refractivity contribution in [3.63, 3.8) is 0 Å². The molecule has 0 atom stereocenters. The second-order valence-electron chi connectivity index (χ2n) is 4.90. The van der Waals surface area contributed by atoms with E-state index in [-0.39, 0.29) is 0 Å². The summed E-state index contributed by atoms with van der Waals surface area (Å²) in [7, 11) is 0. The van der Waals surface area contributed by atoms with Gasteiger partial charge in [0.05, 0.1) is 6.10 Å². The maximum absolute atomic E-state index is 6.11. The van der Waals surface area contributed by atoms with Crippen LogP contribution in [0, 0.1) is 13.8 Å². The number of rotatable bonds is 7. The molecule has 2 nitrogen and oxygen atoms in total. The van der Waals surface area contributed by atoms with E-state index in [0.717, 1.165) is 31.7 Å². The van der Waals surface area contributed by atoms with E-state index >= 15 is 0 Å². The van der Waals surface area contributed by atoms with Crippen LogP contribution in [0.3, 0.4) is 0 Å². The number of ether oxygens (including phenoxy) is 1. The van der Waals surface area contributed by atoms with Crippen LogP contribution in [0.1, 0.15) is 50.3 Å². The van der Waals surface area contributed by atoms with E-state index in [1.54, 1.807) is 0 Å². The maximum Gasteiger partial charge on any atom is 0.125 e. The van der Waals surface area contributed by atoms with Gasteiger partial charge in [0.1, 0.15) is 5.75 Å². The third-order valence-corrected chi connectivity index (χ3v) is 3.29. The van der Waals surface area contributed by atoms with Gasteiger partial charge < -0.3 is 10.1 Å². The smallest absolute Gasteiger partial charge is 0.125 e. The van der Waals surface area contributed by atoms with Crippen molar-refractivity contribution in [2.45, 2.75) is 60.1 Å². The molecule has 102 valence electrons. The van der Waals surface area contributed by atoms with Gasteiger partial charge >= 0.3 is 0 Å². The molecular formula is C16H27NO. The standard InChI is InChI=1S/C16H27NO/c1-6-15(7-2)18-16-12(4)9-14(10-13(16)5)11-17-8-3/h9-10,15,17H,6-8,11H2,1-5H3. The van der Waals surface area contributed by atoms with Crippen molar-refractivity contribution >= 4 is 0 Å². The summed E-state index contributed by atoms with van der Waals surface area (Å²) in [6, 6.07) is 4.46. The predicted molar refractivity (Wildman–Crippen MR) is 78.3 cm³/mol. The molecule has 2 heteroatoms. The number of hydrogen-bond donors (Lipinski definition) is 1. The number of nitrogens with one attached hydrogen (secondary N) is 1. The Morgan fingerprint density at radius 1 is 1.06 bits per heavy atom. The highest BCUT2D eigenvalue weighted by Crippen LogP contribution is 2.27. The second-order valence-corrected chi connectivity index (χ2v) is 4.90. The average molecular weight is 249 g/mol. The van der Waals surface area contributed by atoms with Crippen LogP contribution in [0.25, 0.3) is 0 Å². The van der Waals surface area contributed by atoms with Crippen molar-refractivity contribution < 1.29 is 4.74 Å². The number of aryl methyl sites for hydroxylation is 2. The van der Waals surface area contributed by atoms with Gasteiger partial charge in [0.2, 0.25) is 0 Å². The molecule has 0 spiro atoms. The highest BCUT2D eigenvalue weighted by atomic mass is 16.5. The minimum Gasteiger partial charge on any atom is -0.490 e. The Hall–Kier alpha value is -1.02. The first-order valence-corrected chi connectivity index (χ1v) is 7.09. The SMILES string of the molecule is CCNCc1cc(C)c(OC(CC)CC)c(C)c1. The third kappa shape index (κ3) is 4.02. The van der Waals surface area contributed by atoms with Crippen LogP contribution in [0.4, 0.5) is 0 Å². The lowest BCUT2D eigenvalue weighted by molar-refractivity contribution is 0.190. The maximum atomic E-state index is 6.11. The Labute approximate surface area is 112 Å². The molecule has 1 aromatic carbocycles. The zero-order chi connectivity index (χ0) is 13.5. The first-order chi connectivity index (χ1) is 8.62. The van der Waals surface area contributed by atoms with Gasteiger partial charge in [-0.15, -0.1) is 0 Å². The van der Waals surface area contributed by atoms with Crippen LogP contribution in [-0.4, -0.2) is 12.6 Å². The highest BCUT2D eigenvalue weighted by Gasteiger charge is 2.11. The lowest BCUT2D eigenvalue weighted by atomic mass is 10.1. The zero-order valence-electron chi connectivity index (χ0n) is 12.5. The Morgan fingerprint density at radius 3 is 2.06 bits per heavy atom. The van der Waals surface area contributed by atoms with E-state index in [2.05, 4.69) is 52.1 Å². The third-order valence-electron chi connectivity index (χ3n) is 3.29. The van der Waals surface area contributed by atoms with Gasteiger partial charge in [-0.3, -0.25) is 0 Å². The first kappa shape index (κ1) is 15.0. The van der Waals surface area contributed by atoms with E-state index in [1.165, 1.54) is 16.7 Å². The molecule has 0 aliphatic heterocycles. The Morgan fingerprint density at radius 2 is 1.61 bits per heavy atom. The fourth-order valence-electron chi connectivity index (χ4n) is 2.22. The molecule has 0 aliphatic carbocycles. The Balaban J connectivity index is 2.86. The Bertz CT molecular complexity index is 346. The summed E-state index contributed by atoms with van der Waals surface area (Å²) >= 11 is 0. The summed E-state index contributed by atoms with van der Waals surface area (Å²) in [6.07, 6.45) is 2.46. The summed E-state index contributed by atoms with van der Waals surface area (Å²) in [5, 5.41) is 3.36. The molecule has 0 saturated carbocycles. The molecule has 1 N–H and O–H groups in total. The van der Waals surface area contributed by atoms with Crippen LogP contribution in [0.5, 0.6) is 5.75 Å². The lowest BCUT2D eigenvalue weighted by Gasteiger charge is -2.20. The lowest BCUT2D eigenvalue weighted by Crippen LogP contribution is -2.16. The normalized spacial score (nSPS) is 11.0. The molecule has 0 unspecified atom stereocenters. The molecule has 0 fully saturated rings. The van der Waals surface area contributed by atoms with Gasteiger partial charge in [-0.2, -0.15) is 0 Å². The molecule has 1 aromatic rings. The largest absolute Gasteiger partial charge is 0.490 e. The quantitative estimate of drug-likeness (QED) is 0.789. The number of benzene rings is 1. The van der Waals surface area contributed by atoms with Gasteiger partial charge in [-0.1, -0.05) is 32.9 Å². The molecule has 0 heterocycles. The summed E-state index contributed by atoms with van der Waals surface area (Å²) < 4.78 is 6.11. The molecule has 0 saturated heterocycles. The van der Waals surface area contributed by atoms with Gasteiger partial charge in [0, 0.05) is 6.54 Å². The molecule has 0 aliphatic rings. The molecular weight excluding hydrogens is 222 g/mol. The average Bonchev–Trinajstić information content (AvgIpc) is 2.36. The van der Waals surface area contributed by atoms with Gasteiger partial charge in [0.15, 0.2) is 0 Å². The molecule has 0 amide bonds. The van der Waals surface area contributed by atoms with Crippen LogP contribution < -0.4 is 10.1 Å². The predicted octanol–water partition coefficient (Wildman–Crippen LogP) is 3.98. The molecule has 0 bridgehead atoms. The van der Waals surface area contributed by atoms with Crippen molar-refractivity contribution in [1.29, 1.82) is 0 Å². The van der Waals surface area contributed by atoms with Crippen LogP contribution in [-0.2, 0) is 6.54 Å². The zero-order valence-corrected chi connectivity index (χ0v) is 12.5. The monoisotopic (exact) mass is 249 g/mol. The molecule has 0 aromatic heterocycles. The first-order valence-electron chi connectivity index (χ1n) is 7.09. The molecule has 0 radical (unpaired) electrons. The van der Waals surface area contributed by atoms with Crippen LogP contribution in [0.2, 0.25) is 0 Å². The van der Waals surface area contributed by atoms with Gasteiger partial charge in [-0.05, 0) is 49.9 Å². The highest BCUT2D eigenvalue weighted by molar-refractivity contribution is 5.43. The summed E-state index contributed by atoms with van der Waals surface area (Å²) in [5.41, 5.74) is 3.83. The fraction of sp³-hybridized carbons (Fsp3) is 0.625. The van der Waals surface area contributed by atoms with E-state index in [9.17, 15) is 0 Å². The van der Waals surface area contributed by atoms with Crippen molar-refractivity contribution in [2.24, 2.45) is 0 Å². The second kappa shape index (κ2) is 7.42. The molecule has 1 rings (SSSR count). The van der Waals surface area contributed by atoms with Crippen molar-refractivity contribution in [2.75, 3.05) is 6.54 Å². The summed E-state index contributed by atoms with van der Waals surface area (Å²) in [6.45, 7) is 12.7. The van der Waals surface area contributed by atoms with Crippen LogP contribution in [0.15, 0.2) is 12.1 Å². The van der Waals surface area contributed by atoms with E-state index in [1.807, 2.05) is 0 Å². The summed E-state index contributed by atoms with van der Waals surface area (Å²) in [5.74, 6) is 1.07. The van der Waals surface area contributed by atoms with Crippen molar-refractivity contribution in [3.05, 3.63) is 28.8 Å². The van der Waals surface area contributed by atoms with Crippen molar-refractivity contribution in [1.82, 2.24) is 5.32 Å². The van der Waals surface area contributed by atoms with Gasteiger partial charge in [-0.25, -0.2) is 0 Å². The summed E-state index contributed by atoms with van der Waals surface area (Å²) in [4.78, 5) is 0. The topological polar surface area (TPSA) is 21.3 Å². The van der Waals surface area contributed by atoms with Crippen molar-refractivity contribution in [3.8, 4) is 5.75 Å². The minimum absolute atomic E-state index is 0.335. The number of hydrogen-bond acceptors (Lipinski definition) is 2. The molecule has 18 heavy (non-hydrogen) atoms. The fourth-order valence-corrected chi connectivity index (χ4v) is 2.22. The van der Waals surface area contributed by atoms with Gasteiger partial charge in [0.25, 0.3) is 0 Å². The van der Waals surface area contributed by atoms with Crippen LogP contribution >= 0.6 is 0 Å². The van der Waals surface area contributed by atoms with E-state index < -0.39 is 0 Å². The van der Waals surface area contributed by atoms with E-state index in [4.69, 9.17) is 4.74 Å².